The van der Waals surface area contributed by atoms with Gasteiger partial charge in [0.25, 0.3) is 0 Å². The van der Waals surface area contributed by atoms with E-state index in [1.54, 1.807) is 16.1 Å². The van der Waals surface area contributed by atoms with E-state index in [1.165, 1.54) is 5.56 Å². The largest absolute Gasteiger partial charge is 0.338 e. The molecule has 0 radical (unpaired) electrons. The summed E-state index contributed by atoms with van der Waals surface area (Å²) in [5.74, 6) is -0.0897. The summed E-state index contributed by atoms with van der Waals surface area (Å²) in [6, 6.07) is 9.42. The molecule has 0 unspecified atom stereocenters. The van der Waals surface area contributed by atoms with Gasteiger partial charge in [0.05, 0.1) is 18.1 Å². The van der Waals surface area contributed by atoms with E-state index in [1.807, 2.05) is 35.9 Å². The van der Waals surface area contributed by atoms with Crippen molar-refractivity contribution < 1.29 is 9.59 Å². The minimum Gasteiger partial charge on any atom is -0.338 e. The third-order valence-electron chi connectivity index (χ3n) is 4.85. The molecule has 10 heteroatoms. The van der Waals surface area contributed by atoms with Gasteiger partial charge in [0.1, 0.15) is 0 Å². The summed E-state index contributed by atoms with van der Waals surface area (Å²) in [6.07, 6.45) is 4.11. The number of carbonyl (C=O) groups excluding carboxylic acids is 2. The predicted octanol–water partition coefficient (Wildman–Crippen LogP) is 1.52. The number of carbonyl (C=O) groups is 2. The Morgan fingerprint density at radius 2 is 1.73 bits per heavy atom. The summed E-state index contributed by atoms with van der Waals surface area (Å²) < 4.78 is 1.99. The van der Waals surface area contributed by atoms with Crippen LogP contribution in [-0.2, 0) is 17.8 Å². The van der Waals surface area contributed by atoms with Gasteiger partial charge in [-0.15, -0.1) is 24.8 Å². The number of urea groups is 1. The van der Waals surface area contributed by atoms with E-state index in [-0.39, 0.29) is 36.8 Å². The van der Waals surface area contributed by atoms with Crippen molar-refractivity contribution in [2.24, 2.45) is 5.73 Å². The number of benzene rings is 1. The first kappa shape index (κ1) is 25.7. The quantitative estimate of drug-likeness (QED) is 0.688. The van der Waals surface area contributed by atoms with Crippen molar-refractivity contribution in [1.82, 2.24) is 24.7 Å². The van der Waals surface area contributed by atoms with E-state index in [4.69, 9.17) is 5.73 Å². The lowest BCUT2D eigenvalue weighted by Gasteiger charge is -2.35. The second-order valence-electron chi connectivity index (χ2n) is 6.98. The van der Waals surface area contributed by atoms with Crippen LogP contribution in [0.15, 0.2) is 42.9 Å². The SMILES string of the molecule is CCNC(=O)N1CCN(C(=O)[C@@H](N)Cc2cn(Cc3ccccc3)cn2)CC1.Cl.Cl. The molecule has 2 heterocycles. The zero-order valence-corrected chi connectivity index (χ0v) is 18.7. The van der Waals surface area contributed by atoms with E-state index in [0.717, 1.165) is 12.2 Å². The van der Waals surface area contributed by atoms with E-state index in [2.05, 4.69) is 22.4 Å². The first-order chi connectivity index (χ1) is 13.6. The molecule has 3 rings (SSSR count). The number of amides is 3. The average molecular weight is 457 g/mol. The Morgan fingerprint density at radius 1 is 1.10 bits per heavy atom. The highest BCUT2D eigenvalue weighted by Gasteiger charge is 2.27. The van der Waals surface area contributed by atoms with E-state index >= 15 is 0 Å². The van der Waals surface area contributed by atoms with Crippen LogP contribution >= 0.6 is 24.8 Å². The Kier molecular flexibility index (Phi) is 10.7. The molecule has 0 saturated carbocycles. The van der Waals surface area contributed by atoms with Crippen molar-refractivity contribution in [3.8, 4) is 0 Å². The van der Waals surface area contributed by atoms with Crippen LogP contribution in [0.4, 0.5) is 4.79 Å². The Hall–Kier alpha value is -2.29. The van der Waals surface area contributed by atoms with Crippen LogP contribution in [0.3, 0.4) is 0 Å². The number of rotatable bonds is 6. The van der Waals surface area contributed by atoms with Crippen molar-refractivity contribution in [3.63, 3.8) is 0 Å². The number of piperazine rings is 1. The molecule has 3 N–H and O–H groups in total. The molecule has 1 fully saturated rings. The van der Waals surface area contributed by atoms with Crippen LogP contribution in [0.5, 0.6) is 0 Å². The van der Waals surface area contributed by atoms with Crippen LogP contribution in [0.1, 0.15) is 18.2 Å². The number of nitrogens with zero attached hydrogens (tertiary/aromatic N) is 4. The second-order valence-corrected chi connectivity index (χ2v) is 6.98. The molecule has 1 aromatic heterocycles. The maximum absolute atomic E-state index is 12.6. The third kappa shape index (κ3) is 6.90. The minimum absolute atomic E-state index is 0. The lowest BCUT2D eigenvalue weighted by Crippen LogP contribution is -2.56. The van der Waals surface area contributed by atoms with Crippen LogP contribution < -0.4 is 11.1 Å². The van der Waals surface area contributed by atoms with Crippen LogP contribution in [-0.4, -0.2) is 70.1 Å². The number of hydrogen-bond donors (Lipinski definition) is 2. The number of aromatic nitrogens is 2. The van der Waals surface area contributed by atoms with Crippen LogP contribution in [0, 0.1) is 0 Å². The summed E-state index contributed by atoms with van der Waals surface area (Å²) >= 11 is 0. The van der Waals surface area contributed by atoms with E-state index in [0.29, 0.717) is 39.1 Å². The van der Waals surface area contributed by atoms with E-state index < -0.39 is 6.04 Å². The summed E-state index contributed by atoms with van der Waals surface area (Å²) in [5.41, 5.74) is 8.15. The van der Waals surface area contributed by atoms with Crippen molar-refractivity contribution >= 4 is 36.8 Å². The zero-order valence-electron chi connectivity index (χ0n) is 17.1. The molecular weight excluding hydrogens is 427 g/mol. The second kappa shape index (κ2) is 12.4. The Morgan fingerprint density at radius 3 is 2.37 bits per heavy atom. The maximum atomic E-state index is 12.6. The highest BCUT2D eigenvalue weighted by Crippen LogP contribution is 2.08. The van der Waals surface area contributed by atoms with Crippen molar-refractivity contribution in [2.75, 3.05) is 32.7 Å². The first-order valence-electron chi connectivity index (χ1n) is 9.68. The highest BCUT2D eigenvalue weighted by atomic mass is 35.5. The highest BCUT2D eigenvalue weighted by molar-refractivity contribution is 5.85. The molecule has 0 spiro atoms. The maximum Gasteiger partial charge on any atom is 0.317 e. The summed E-state index contributed by atoms with van der Waals surface area (Å²) in [4.78, 5) is 32.4. The molecule has 1 aliphatic rings. The Balaban J connectivity index is 0.00000225. The fourth-order valence-corrected chi connectivity index (χ4v) is 3.33. The van der Waals surface area contributed by atoms with E-state index in [9.17, 15) is 9.59 Å². The molecule has 0 aliphatic carbocycles. The molecule has 8 nitrogen and oxygen atoms in total. The lowest BCUT2D eigenvalue weighted by molar-refractivity contribution is -0.134. The zero-order chi connectivity index (χ0) is 19.9. The number of hydrogen-bond acceptors (Lipinski definition) is 4. The van der Waals surface area contributed by atoms with Crippen molar-refractivity contribution in [1.29, 1.82) is 0 Å². The van der Waals surface area contributed by atoms with Gasteiger partial charge in [0.15, 0.2) is 0 Å². The minimum atomic E-state index is -0.629. The molecule has 3 amide bonds. The monoisotopic (exact) mass is 456 g/mol. The topological polar surface area (TPSA) is 96.5 Å². The standard InChI is InChI=1S/C20H28N6O2.2ClH/c1-2-22-20(28)26-10-8-25(9-11-26)19(27)18(21)12-17-14-24(15-23-17)13-16-6-4-3-5-7-16;;/h3-7,14-15,18H,2,8-13,21H2,1H3,(H,22,28);2*1H/t18-;;/m0../s1. The fraction of sp³-hybridized carbons (Fsp3) is 0.450. The normalized spacial score (nSPS) is 14.3. The van der Waals surface area contributed by atoms with Gasteiger partial charge in [-0.1, -0.05) is 30.3 Å². The van der Waals surface area contributed by atoms with Gasteiger partial charge in [-0.2, -0.15) is 0 Å². The van der Waals surface area contributed by atoms with Gasteiger partial charge in [0, 0.05) is 51.9 Å². The molecule has 30 heavy (non-hydrogen) atoms. The molecule has 2 aromatic rings. The van der Waals surface area contributed by atoms with Gasteiger partial charge in [0.2, 0.25) is 5.91 Å². The fourth-order valence-electron chi connectivity index (χ4n) is 3.33. The molecule has 1 aromatic carbocycles. The number of halogens is 2. The van der Waals surface area contributed by atoms with Gasteiger partial charge in [-0.05, 0) is 12.5 Å². The van der Waals surface area contributed by atoms with Crippen LogP contribution in [0.2, 0.25) is 0 Å². The third-order valence-corrected chi connectivity index (χ3v) is 4.85. The summed E-state index contributed by atoms with van der Waals surface area (Å²) in [5, 5.41) is 2.78. The summed E-state index contributed by atoms with van der Waals surface area (Å²) in [6.45, 7) is 5.28. The van der Waals surface area contributed by atoms with Crippen molar-refractivity contribution in [3.05, 3.63) is 54.1 Å². The number of nitrogens with one attached hydrogen (secondary N) is 1. The van der Waals surface area contributed by atoms with Crippen molar-refractivity contribution in [2.45, 2.75) is 25.9 Å². The molecular formula is C20H30Cl2N6O2. The lowest BCUT2D eigenvalue weighted by atomic mass is 10.1. The molecule has 1 aliphatic heterocycles. The summed E-state index contributed by atoms with van der Waals surface area (Å²) in [7, 11) is 0. The molecule has 1 atom stereocenters. The number of nitrogens with two attached hydrogens (primary N) is 1. The smallest absolute Gasteiger partial charge is 0.317 e. The van der Waals surface area contributed by atoms with Gasteiger partial charge >= 0.3 is 6.03 Å². The average Bonchev–Trinajstić information content (AvgIpc) is 3.15. The predicted molar refractivity (Wildman–Crippen MR) is 121 cm³/mol. The van der Waals surface area contributed by atoms with Crippen LogP contribution in [0.25, 0.3) is 0 Å². The van der Waals surface area contributed by atoms with Gasteiger partial charge in [-0.3, -0.25) is 4.79 Å². The first-order valence-corrected chi connectivity index (χ1v) is 9.68. The van der Waals surface area contributed by atoms with Gasteiger partial charge < -0.3 is 25.4 Å². The molecule has 0 bridgehead atoms. The Bertz CT molecular complexity index is 794. The number of imidazole rings is 1. The molecule has 1 saturated heterocycles. The molecule has 166 valence electrons. The van der Waals surface area contributed by atoms with Gasteiger partial charge in [-0.25, -0.2) is 9.78 Å². The Labute approximate surface area is 189 Å².